The average Bonchev–Trinajstić information content (AvgIpc) is 2.36. The molecule has 19 heavy (non-hydrogen) atoms. The van der Waals surface area contributed by atoms with Crippen LogP contribution in [0.5, 0.6) is 0 Å². The number of carboxylic acid groups (broad SMARTS) is 1. The summed E-state index contributed by atoms with van der Waals surface area (Å²) in [6.07, 6.45) is 1.32. The van der Waals surface area contributed by atoms with Gasteiger partial charge in [-0.3, -0.25) is 0 Å². The molecule has 0 atom stereocenters. The van der Waals surface area contributed by atoms with Gasteiger partial charge in [-0.1, -0.05) is 35.5 Å². The molecule has 0 radical (unpaired) electrons. The smallest absolute Gasteiger partial charge is 0.337 e. The zero-order chi connectivity index (χ0) is 14.0. The molecule has 3 nitrogen and oxygen atoms in total. The van der Waals surface area contributed by atoms with Crippen molar-refractivity contribution in [2.75, 3.05) is 0 Å². The average molecular weight is 294 g/mol. The number of pyridine rings is 1. The topological polar surface area (TPSA) is 50.2 Å². The molecule has 0 aliphatic rings. The summed E-state index contributed by atoms with van der Waals surface area (Å²) in [5, 5.41) is 9.83. The van der Waals surface area contributed by atoms with E-state index in [1.54, 1.807) is 0 Å². The Bertz CT molecular complexity index is 643. The summed E-state index contributed by atoms with van der Waals surface area (Å²) in [4.78, 5) is 16.0. The molecule has 1 N–H and O–H groups in total. The Hall–Kier alpha value is -1.52. The highest BCUT2D eigenvalue weighted by molar-refractivity contribution is 7.99. The van der Waals surface area contributed by atoms with Crippen molar-refractivity contribution in [3.05, 3.63) is 52.2 Å². The summed E-state index contributed by atoms with van der Waals surface area (Å²) in [6.45, 7) is 4.04. The molecule has 2 rings (SSSR count). The molecule has 0 aliphatic heterocycles. The molecule has 2 aromatic rings. The summed E-state index contributed by atoms with van der Waals surface area (Å²) in [5.41, 5.74) is 2.39. The van der Waals surface area contributed by atoms with Gasteiger partial charge >= 0.3 is 5.97 Å². The Morgan fingerprint density at radius 2 is 2.05 bits per heavy atom. The van der Waals surface area contributed by atoms with Crippen LogP contribution >= 0.6 is 23.4 Å². The molecule has 0 saturated carbocycles. The Labute approximate surface area is 120 Å². The van der Waals surface area contributed by atoms with Crippen LogP contribution in [0.25, 0.3) is 0 Å². The van der Waals surface area contributed by atoms with Gasteiger partial charge in [0.15, 0.2) is 0 Å². The molecule has 0 fully saturated rings. The number of aromatic nitrogens is 1. The third-order valence-corrected chi connectivity index (χ3v) is 4.18. The van der Waals surface area contributed by atoms with Gasteiger partial charge < -0.3 is 5.11 Å². The van der Waals surface area contributed by atoms with E-state index in [2.05, 4.69) is 11.1 Å². The van der Waals surface area contributed by atoms with Crippen molar-refractivity contribution in [2.45, 2.75) is 23.8 Å². The van der Waals surface area contributed by atoms with Crippen molar-refractivity contribution < 1.29 is 9.90 Å². The quantitative estimate of drug-likeness (QED) is 0.921. The SMILES string of the molecule is Cc1ccc(C)c(Sc2ncc(C(=O)O)cc2Cl)c1. The van der Waals surface area contributed by atoms with Gasteiger partial charge in [-0.05, 0) is 37.1 Å². The molecule has 1 aromatic heterocycles. The van der Waals surface area contributed by atoms with E-state index in [1.807, 2.05) is 26.0 Å². The Morgan fingerprint density at radius 3 is 2.68 bits per heavy atom. The second-order valence-corrected chi connectivity index (χ2v) is 5.62. The maximum Gasteiger partial charge on any atom is 0.337 e. The van der Waals surface area contributed by atoms with E-state index in [1.165, 1.54) is 24.0 Å². The molecule has 0 saturated heterocycles. The Kier molecular flexibility index (Phi) is 4.12. The van der Waals surface area contributed by atoms with E-state index >= 15 is 0 Å². The molecule has 0 amide bonds. The number of halogens is 1. The molecular weight excluding hydrogens is 282 g/mol. The molecule has 0 unspecified atom stereocenters. The van der Waals surface area contributed by atoms with Gasteiger partial charge in [-0.15, -0.1) is 0 Å². The number of rotatable bonds is 3. The van der Waals surface area contributed by atoms with Crippen molar-refractivity contribution in [1.82, 2.24) is 4.98 Å². The lowest BCUT2D eigenvalue weighted by Crippen LogP contribution is -1.97. The van der Waals surface area contributed by atoms with Crippen LogP contribution in [0.1, 0.15) is 21.5 Å². The molecule has 98 valence electrons. The molecule has 1 aromatic carbocycles. The van der Waals surface area contributed by atoms with Crippen LogP contribution in [0.4, 0.5) is 0 Å². The van der Waals surface area contributed by atoms with Gasteiger partial charge in [-0.2, -0.15) is 0 Å². The summed E-state index contributed by atoms with van der Waals surface area (Å²) in [7, 11) is 0. The minimum absolute atomic E-state index is 0.0929. The van der Waals surface area contributed by atoms with Crippen LogP contribution in [0.15, 0.2) is 40.4 Å². The first-order chi connectivity index (χ1) is 8.97. The van der Waals surface area contributed by atoms with Gasteiger partial charge in [-0.25, -0.2) is 9.78 Å². The van der Waals surface area contributed by atoms with Crippen molar-refractivity contribution in [3.8, 4) is 0 Å². The first kappa shape index (κ1) is 13.9. The number of nitrogens with zero attached hydrogens (tertiary/aromatic N) is 1. The summed E-state index contributed by atoms with van der Waals surface area (Å²) in [6, 6.07) is 7.56. The van der Waals surface area contributed by atoms with E-state index in [4.69, 9.17) is 16.7 Å². The summed E-state index contributed by atoms with van der Waals surface area (Å²) in [5.74, 6) is -1.03. The minimum Gasteiger partial charge on any atom is -0.478 e. The normalized spacial score (nSPS) is 10.5. The summed E-state index contributed by atoms with van der Waals surface area (Å²) < 4.78 is 0. The van der Waals surface area contributed by atoms with Gasteiger partial charge in [0.05, 0.1) is 10.6 Å². The predicted molar refractivity (Wildman–Crippen MR) is 76.2 cm³/mol. The van der Waals surface area contributed by atoms with E-state index in [0.717, 1.165) is 16.0 Å². The number of hydrogen-bond donors (Lipinski definition) is 1. The van der Waals surface area contributed by atoms with E-state index in [9.17, 15) is 4.79 Å². The van der Waals surface area contributed by atoms with Crippen LogP contribution in [0, 0.1) is 13.8 Å². The molecule has 0 bridgehead atoms. The highest BCUT2D eigenvalue weighted by Gasteiger charge is 2.11. The second kappa shape index (κ2) is 5.63. The highest BCUT2D eigenvalue weighted by atomic mass is 35.5. The van der Waals surface area contributed by atoms with Crippen LogP contribution in [0.3, 0.4) is 0 Å². The first-order valence-corrected chi connectivity index (χ1v) is 6.81. The maximum absolute atomic E-state index is 10.8. The molecule has 0 aliphatic carbocycles. The van der Waals surface area contributed by atoms with Crippen molar-refractivity contribution in [2.24, 2.45) is 0 Å². The number of carbonyl (C=O) groups is 1. The van der Waals surface area contributed by atoms with Crippen molar-refractivity contribution in [3.63, 3.8) is 0 Å². The fourth-order valence-corrected chi connectivity index (χ4v) is 2.76. The zero-order valence-corrected chi connectivity index (χ0v) is 12.0. The van der Waals surface area contributed by atoms with E-state index < -0.39 is 5.97 Å². The molecular formula is C14H12ClNO2S. The standard InChI is InChI=1S/C14H12ClNO2S/c1-8-3-4-9(2)12(5-8)19-13-11(15)6-10(7-16-13)14(17)18/h3-7H,1-2H3,(H,17,18). The largest absolute Gasteiger partial charge is 0.478 e. The lowest BCUT2D eigenvalue weighted by molar-refractivity contribution is 0.0696. The Balaban J connectivity index is 2.33. The van der Waals surface area contributed by atoms with Crippen molar-refractivity contribution in [1.29, 1.82) is 0 Å². The zero-order valence-electron chi connectivity index (χ0n) is 10.5. The van der Waals surface area contributed by atoms with Gasteiger partial charge in [0.2, 0.25) is 0 Å². The molecule has 0 spiro atoms. The number of aryl methyl sites for hydroxylation is 2. The lowest BCUT2D eigenvalue weighted by Gasteiger charge is -2.07. The lowest BCUT2D eigenvalue weighted by atomic mass is 10.2. The maximum atomic E-state index is 10.8. The summed E-state index contributed by atoms with van der Waals surface area (Å²) >= 11 is 7.51. The van der Waals surface area contributed by atoms with Crippen LogP contribution in [-0.4, -0.2) is 16.1 Å². The van der Waals surface area contributed by atoms with Crippen LogP contribution in [-0.2, 0) is 0 Å². The monoisotopic (exact) mass is 293 g/mol. The first-order valence-electron chi connectivity index (χ1n) is 5.61. The van der Waals surface area contributed by atoms with Crippen LogP contribution in [0.2, 0.25) is 5.02 Å². The van der Waals surface area contributed by atoms with Crippen LogP contribution < -0.4 is 0 Å². The fraction of sp³-hybridized carbons (Fsp3) is 0.143. The number of benzene rings is 1. The predicted octanol–water partition coefficient (Wildman–Crippen LogP) is 4.20. The number of hydrogen-bond acceptors (Lipinski definition) is 3. The molecule has 1 heterocycles. The second-order valence-electron chi connectivity index (χ2n) is 4.19. The van der Waals surface area contributed by atoms with Gasteiger partial charge in [0.25, 0.3) is 0 Å². The van der Waals surface area contributed by atoms with E-state index in [-0.39, 0.29) is 5.56 Å². The number of carboxylic acids is 1. The third-order valence-electron chi connectivity index (χ3n) is 2.60. The molecule has 5 heteroatoms. The third kappa shape index (κ3) is 3.28. The minimum atomic E-state index is -1.03. The number of aromatic carboxylic acids is 1. The highest BCUT2D eigenvalue weighted by Crippen LogP contribution is 2.34. The Morgan fingerprint density at radius 1 is 1.32 bits per heavy atom. The fourth-order valence-electron chi connectivity index (χ4n) is 1.54. The van der Waals surface area contributed by atoms with E-state index in [0.29, 0.717) is 10.0 Å². The van der Waals surface area contributed by atoms with Crippen molar-refractivity contribution >= 4 is 29.3 Å². The van der Waals surface area contributed by atoms with Gasteiger partial charge in [0.1, 0.15) is 5.03 Å². The van der Waals surface area contributed by atoms with Gasteiger partial charge in [0, 0.05) is 11.1 Å².